The van der Waals surface area contributed by atoms with Crippen LogP contribution in [0.15, 0.2) is 119 Å². The van der Waals surface area contributed by atoms with Gasteiger partial charge in [-0.05, 0) is 48.5 Å². The normalized spacial score (nSPS) is 10.4. The summed E-state index contributed by atoms with van der Waals surface area (Å²) in [6.07, 6.45) is 0. The number of para-hydroxylation sites is 4. The Hall–Kier alpha value is -3.17. The highest BCUT2D eigenvalue weighted by Gasteiger charge is 2.11. The lowest BCUT2D eigenvalue weighted by Gasteiger charge is -2.13. The van der Waals surface area contributed by atoms with E-state index in [2.05, 4.69) is 12.1 Å². The summed E-state index contributed by atoms with van der Waals surface area (Å²) in [7, 11) is 0. The van der Waals surface area contributed by atoms with Gasteiger partial charge in [0.1, 0.15) is 23.0 Å². The highest BCUT2D eigenvalue weighted by Crippen LogP contribution is 2.41. The fourth-order valence-electron chi connectivity index (χ4n) is 2.59. The van der Waals surface area contributed by atoms with E-state index in [1.54, 1.807) is 11.8 Å². The van der Waals surface area contributed by atoms with E-state index in [4.69, 9.17) is 9.47 Å². The van der Waals surface area contributed by atoms with Gasteiger partial charge in [0.25, 0.3) is 0 Å². The van der Waals surface area contributed by atoms with Crippen molar-refractivity contribution in [2.24, 2.45) is 0 Å². The average molecular weight is 370 g/mol. The summed E-state index contributed by atoms with van der Waals surface area (Å²) in [5, 5.41) is 0. The van der Waals surface area contributed by atoms with Crippen molar-refractivity contribution in [3.05, 3.63) is 109 Å². The van der Waals surface area contributed by atoms with E-state index in [0.29, 0.717) is 0 Å². The molecular weight excluding hydrogens is 352 g/mol. The van der Waals surface area contributed by atoms with E-state index in [0.717, 1.165) is 32.8 Å². The molecule has 0 radical (unpaired) electrons. The Balaban J connectivity index is 1.60. The maximum absolute atomic E-state index is 6.08. The maximum Gasteiger partial charge on any atom is 0.141 e. The Labute approximate surface area is 163 Å². The van der Waals surface area contributed by atoms with Crippen molar-refractivity contribution in [3.8, 4) is 23.0 Å². The zero-order valence-corrected chi connectivity index (χ0v) is 15.4. The number of ether oxygens (including phenoxy) is 2. The standard InChI is InChI=1S/C24H18O2S/c1-3-11-19(12-4-1)25-21-15-7-9-17-23(21)27-24-18-10-8-16-22(24)26-20-13-5-2-6-14-20/h1-18H. The third-order valence-electron chi connectivity index (χ3n) is 3.86. The van der Waals surface area contributed by atoms with Crippen molar-refractivity contribution in [3.63, 3.8) is 0 Å². The zero-order valence-electron chi connectivity index (χ0n) is 14.6. The average Bonchev–Trinajstić information content (AvgIpc) is 2.72. The molecule has 0 aliphatic carbocycles. The molecule has 0 bridgehead atoms. The lowest BCUT2D eigenvalue weighted by atomic mass is 10.3. The zero-order chi connectivity index (χ0) is 18.3. The molecule has 0 unspecified atom stereocenters. The van der Waals surface area contributed by atoms with Crippen LogP contribution in [0.25, 0.3) is 0 Å². The molecule has 0 aliphatic rings. The highest BCUT2D eigenvalue weighted by atomic mass is 32.2. The van der Waals surface area contributed by atoms with Gasteiger partial charge in [0, 0.05) is 0 Å². The van der Waals surface area contributed by atoms with E-state index >= 15 is 0 Å². The van der Waals surface area contributed by atoms with Gasteiger partial charge in [-0.3, -0.25) is 0 Å². The first-order valence-corrected chi connectivity index (χ1v) is 9.52. The summed E-state index contributed by atoms with van der Waals surface area (Å²) < 4.78 is 12.2. The van der Waals surface area contributed by atoms with Gasteiger partial charge in [-0.1, -0.05) is 72.4 Å². The van der Waals surface area contributed by atoms with Crippen LogP contribution in [0.2, 0.25) is 0 Å². The molecule has 0 saturated carbocycles. The van der Waals surface area contributed by atoms with Crippen molar-refractivity contribution in [2.75, 3.05) is 0 Å². The second-order valence-corrected chi connectivity index (χ2v) is 6.91. The van der Waals surface area contributed by atoms with Crippen molar-refractivity contribution < 1.29 is 9.47 Å². The predicted octanol–water partition coefficient (Wildman–Crippen LogP) is 7.42. The van der Waals surface area contributed by atoms with Crippen LogP contribution in [0.4, 0.5) is 0 Å². The predicted molar refractivity (Wildman–Crippen MR) is 110 cm³/mol. The van der Waals surface area contributed by atoms with Crippen LogP contribution >= 0.6 is 11.8 Å². The van der Waals surface area contributed by atoms with Crippen molar-refractivity contribution in [1.29, 1.82) is 0 Å². The van der Waals surface area contributed by atoms with Crippen molar-refractivity contribution in [2.45, 2.75) is 9.79 Å². The van der Waals surface area contributed by atoms with Crippen LogP contribution in [0, 0.1) is 0 Å². The molecule has 4 aromatic carbocycles. The molecule has 0 heterocycles. The molecule has 0 N–H and O–H groups in total. The summed E-state index contributed by atoms with van der Waals surface area (Å²) in [4.78, 5) is 2.07. The molecule has 3 heteroatoms. The number of rotatable bonds is 6. The maximum atomic E-state index is 6.08. The van der Waals surface area contributed by atoms with Crippen molar-refractivity contribution >= 4 is 11.8 Å². The minimum Gasteiger partial charge on any atom is -0.456 e. The Bertz CT molecular complexity index is 918. The lowest BCUT2D eigenvalue weighted by molar-refractivity contribution is 0.468. The van der Waals surface area contributed by atoms with Gasteiger partial charge in [-0.2, -0.15) is 0 Å². The van der Waals surface area contributed by atoms with Crippen LogP contribution < -0.4 is 9.47 Å². The smallest absolute Gasteiger partial charge is 0.141 e. The summed E-state index contributed by atoms with van der Waals surface area (Å²) in [5.41, 5.74) is 0. The number of hydrogen-bond donors (Lipinski definition) is 0. The highest BCUT2D eigenvalue weighted by molar-refractivity contribution is 7.99. The second-order valence-electron chi connectivity index (χ2n) is 5.83. The molecule has 4 aromatic rings. The van der Waals surface area contributed by atoms with E-state index in [1.807, 2.05) is 97.1 Å². The quantitative estimate of drug-likeness (QED) is 0.352. The van der Waals surface area contributed by atoms with E-state index in [1.165, 1.54) is 0 Å². The van der Waals surface area contributed by atoms with Crippen LogP contribution in [0.3, 0.4) is 0 Å². The Morgan fingerprint density at radius 1 is 0.407 bits per heavy atom. The topological polar surface area (TPSA) is 18.5 Å². The molecule has 0 fully saturated rings. The Kier molecular flexibility index (Phi) is 5.42. The van der Waals surface area contributed by atoms with E-state index < -0.39 is 0 Å². The summed E-state index contributed by atoms with van der Waals surface area (Å²) in [5.74, 6) is 3.28. The van der Waals surface area contributed by atoms with Crippen molar-refractivity contribution in [1.82, 2.24) is 0 Å². The molecule has 27 heavy (non-hydrogen) atoms. The number of hydrogen-bond acceptors (Lipinski definition) is 3. The van der Waals surface area contributed by atoms with E-state index in [9.17, 15) is 0 Å². The van der Waals surface area contributed by atoms with Gasteiger partial charge < -0.3 is 9.47 Å². The molecule has 0 amide bonds. The third kappa shape index (κ3) is 4.52. The molecule has 4 rings (SSSR count). The Morgan fingerprint density at radius 3 is 1.22 bits per heavy atom. The summed E-state index contributed by atoms with van der Waals surface area (Å²) >= 11 is 1.63. The summed E-state index contributed by atoms with van der Waals surface area (Å²) in [6, 6.07) is 35.7. The van der Waals surface area contributed by atoms with Gasteiger partial charge in [-0.25, -0.2) is 0 Å². The monoisotopic (exact) mass is 370 g/mol. The number of benzene rings is 4. The van der Waals surface area contributed by atoms with Gasteiger partial charge in [0.15, 0.2) is 0 Å². The minimum atomic E-state index is 0.819. The molecular formula is C24H18O2S. The van der Waals surface area contributed by atoms with Gasteiger partial charge >= 0.3 is 0 Å². The molecule has 0 aromatic heterocycles. The molecule has 0 atom stereocenters. The fraction of sp³-hybridized carbons (Fsp3) is 0. The minimum absolute atomic E-state index is 0.819. The fourth-order valence-corrected chi connectivity index (χ4v) is 3.54. The molecule has 2 nitrogen and oxygen atoms in total. The lowest BCUT2D eigenvalue weighted by Crippen LogP contribution is -1.89. The Morgan fingerprint density at radius 2 is 0.778 bits per heavy atom. The first kappa shape index (κ1) is 17.3. The molecule has 0 spiro atoms. The third-order valence-corrected chi connectivity index (χ3v) is 4.97. The van der Waals surface area contributed by atoms with Gasteiger partial charge in [0.2, 0.25) is 0 Å². The van der Waals surface area contributed by atoms with Crippen LogP contribution in [-0.2, 0) is 0 Å². The van der Waals surface area contributed by atoms with Gasteiger partial charge in [0.05, 0.1) is 9.79 Å². The van der Waals surface area contributed by atoms with Crippen LogP contribution in [0.1, 0.15) is 0 Å². The summed E-state index contributed by atoms with van der Waals surface area (Å²) in [6.45, 7) is 0. The SMILES string of the molecule is c1ccc(Oc2ccccc2Sc2ccccc2Oc2ccccc2)cc1. The first-order valence-electron chi connectivity index (χ1n) is 8.70. The van der Waals surface area contributed by atoms with Crippen LogP contribution in [0.5, 0.6) is 23.0 Å². The second kappa shape index (κ2) is 8.47. The molecule has 0 saturated heterocycles. The largest absolute Gasteiger partial charge is 0.456 e. The van der Waals surface area contributed by atoms with Crippen LogP contribution in [-0.4, -0.2) is 0 Å². The molecule has 132 valence electrons. The molecule has 0 aliphatic heterocycles. The van der Waals surface area contributed by atoms with Gasteiger partial charge in [-0.15, -0.1) is 0 Å². The first-order chi connectivity index (χ1) is 13.4. The van der Waals surface area contributed by atoms with E-state index in [-0.39, 0.29) is 0 Å².